The van der Waals surface area contributed by atoms with Crippen LogP contribution in [0.5, 0.6) is 5.06 Å². The molecule has 2 aromatic heterocycles. The van der Waals surface area contributed by atoms with Crippen LogP contribution < -0.4 is 20.3 Å². The highest BCUT2D eigenvalue weighted by Crippen LogP contribution is 2.49. The van der Waals surface area contributed by atoms with Crippen molar-refractivity contribution < 1.29 is 27.5 Å². The van der Waals surface area contributed by atoms with E-state index in [0.717, 1.165) is 0 Å². The molecule has 1 aliphatic heterocycles. The van der Waals surface area contributed by atoms with Gasteiger partial charge < -0.3 is 20.3 Å². The zero-order valence-corrected chi connectivity index (χ0v) is 20.2. The number of rotatable bonds is 6. The fourth-order valence-electron chi connectivity index (χ4n) is 3.67. The predicted molar refractivity (Wildman–Crippen MR) is 122 cm³/mol. The number of nitrogens with one attached hydrogen (secondary N) is 2. The number of anilines is 1. The monoisotopic (exact) mass is 507 g/mol. The second-order valence-corrected chi connectivity index (χ2v) is 9.19. The molecule has 0 atom stereocenters. The number of carbonyl (C=O) groups excluding carboxylic acids is 2. The van der Waals surface area contributed by atoms with Crippen molar-refractivity contribution in [1.29, 1.82) is 0 Å². The van der Waals surface area contributed by atoms with Gasteiger partial charge in [-0.25, -0.2) is 4.98 Å². The standard InChI is InChI=1S/C20H25ClF3N5O3S/c1-10(2)26-11(30)9-28-5-7-29(8-6-28)17-14(21)13(20(22,23)24)16-15(27-17)12(18(31)25-3)19(32-4)33-16/h10H,5-9H2,1-4H3,(H,25,31)(H,26,30). The number of alkyl halides is 3. The van der Waals surface area contributed by atoms with Gasteiger partial charge >= 0.3 is 6.18 Å². The van der Waals surface area contributed by atoms with E-state index >= 15 is 0 Å². The lowest BCUT2D eigenvalue weighted by molar-refractivity contribution is -0.136. The van der Waals surface area contributed by atoms with Gasteiger partial charge in [0.25, 0.3) is 5.91 Å². The molecular weight excluding hydrogens is 483 g/mol. The highest BCUT2D eigenvalue weighted by molar-refractivity contribution is 7.21. The predicted octanol–water partition coefficient (Wildman–Crippen LogP) is 2.98. The van der Waals surface area contributed by atoms with E-state index in [4.69, 9.17) is 16.3 Å². The maximum Gasteiger partial charge on any atom is 0.419 e. The highest BCUT2D eigenvalue weighted by Gasteiger charge is 2.40. The first-order chi connectivity index (χ1) is 15.5. The molecule has 0 saturated carbocycles. The van der Waals surface area contributed by atoms with Crippen LogP contribution in [0.25, 0.3) is 10.2 Å². The van der Waals surface area contributed by atoms with Crippen LogP contribution in [-0.4, -0.2) is 74.6 Å². The van der Waals surface area contributed by atoms with Gasteiger partial charge in [0.1, 0.15) is 16.9 Å². The molecule has 0 bridgehead atoms. The summed E-state index contributed by atoms with van der Waals surface area (Å²) < 4.78 is 47.1. The third-order valence-corrected chi connectivity index (χ3v) is 6.64. The van der Waals surface area contributed by atoms with Crippen molar-refractivity contribution in [3.63, 3.8) is 0 Å². The first-order valence-corrected chi connectivity index (χ1v) is 11.4. The number of fused-ring (bicyclic) bond motifs is 1. The minimum absolute atomic E-state index is 0.0198. The molecule has 1 fully saturated rings. The number of amides is 2. The van der Waals surface area contributed by atoms with Gasteiger partial charge in [0.2, 0.25) is 5.91 Å². The number of thiophene rings is 1. The van der Waals surface area contributed by atoms with Crippen LogP contribution in [-0.2, 0) is 11.0 Å². The maximum atomic E-state index is 14.0. The molecule has 2 amide bonds. The molecule has 0 aliphatic carbocycles. The fraction of sp³-hybridized carbons (Fsp3) is 0.550. The van der Waals surface area contributed by atoms with Gasteiger partial charge in [0, 0.05) is 39.3 Å². The van der Waals surface area contributed by atoms with E-state index in [0.29, 0.717) is 37.5 Å². The van der Waals surface area contributed by atoms with Crippen molar-refractivity contribution in [1.82, 2.24) is 20.5 Å². The Hall–Kier alpha value is -2.31. The summed E-state index contributed by atoms with van der Waals surface area (Å²) in [7, 11) is 2.66. The second-order valence-electron chi connectivity index (χ2n) is 7.83. The summed E-state index contributed by atoms with van der Waals surface area (Å²) in [5.74, 6) is -0.766. The molecule has 0 unspecified atom stereocenters. The number of pyridine rings is 1. The molecule has 2 N–H and O–H groups in total. The number of halogens is 4. The number of carbonyl (C=O) groups is 2. The van der Waals surface area contributed by atoms with Crippen LogP contribution in [0.15, 0.2) is 0 Å². The summed E-state index contributed by atoms with van der Waals surface area (Å²) in [4.78, 5) is 32.4. The Morgan fingerprint density at radius 1 is 1.24 bits per heavy atom. The Morgan fingerprint density at radius 2 is 1.88 bits per heavy atom. The van der Waals surface area contributed by atoms with E-state index in [1.165, 1.54) is 14.2 Å². The molecule has 3 rings (SSSR count). The van der Waals surface area contributed by atoms with E-state index in [1.54, 1.807) is 4.90 Å². The van der Waals surface area contributed by atoms with Crippen LogP contribution in [0, 0.1) is 0 Å². The number of piperazine rings is 1. The number of hydrogen-bond donors (Lipinski definition) is 2. The smallest absolute Gasteiger partial charge is 0.419 e. The number of methoxy groups -OCH3 is 1. The van der Waals surface area contributed by atoms with Crippen molar-refractivity contribution in [2.24, 2.45) is 0 Å². The molecule has 0 aromatic carbocycles. The Kier molecular flexibility index (Phi) is 7.59. The number of nitrogens with zero attached hydrogens (tertiary/aromatic N) is 3. The summed E-state index contributed by atoms with van der Waals surface area (Å²) in [6.07, 6.45) is -4.76. The van der Waals surface area contributed by atoms with Gasteiger partial charge in [-0.15, -0.1) is 0 Å². The lowest BCUT2D eigenvalue weighted by Crippen LogP contribution is -2.50. The third-order valence-electron chi connectivity index (χ3n) is 5.12. The first-order valence-electron chi connectivity index (χ1n) is 10.2. The highest BCUT2D eigenvalue weighted by atomic mass is 35.5. The topological polar surface area (TPSA) is 86.8 Å². The van der Waals surface area contributed by atoms with Crippen LogP contribution in [0.1, 0.15) is 29.8 Å². The summed E-state index contributed by atoms with van der Waals surface area (Å²) in [5, 5.41) is 4.74. The number of ether oxygens (including phenoxy) is 1. The largest absolute Gasteiger partial charge is 0.487 e. The third kappa shape index (κ3) is 5.28. The molecule has 182 valence electrons. The van der Waals surface area contributed by atoms with Crippen LogP contribution in [0.3, 0.4) is 0 Å². The lowest BCUT2D eigenvalue weighted by atomic mass is 10.1. The van der Waals surface area contributed by atoms with Crippen LogP contribution in [0.4, 0.5) is 19.0 Å². The second kappa shape index (κ2) is 9.90. The maximum absolute atomic E-state index is 14.0. The first kappa shape index (κ1) is 25.3. The molecule has 8 nitrogen and oxygen atoms in total. The molecule has 13 heteroatoms. The zero-order chi connectivity index (χ0) is 24.5. The minimum Gasteiger partial charge on any atom is -0.487 e. The molecule has 33 heavy (non-hydrogen) atoms. The van der Waals surface area contributed by atoms with Gasteiger partial charge in [-0.3, -0.25) is 14.5 Å². The lowest BCUT2D eigenvalue weighted by Gasteiger charge is -2.35. The van der Waals surface area contributed by atoms with E-state index in [2.05, 4.69) is 15.6 Å². The number of aromatic nitrogens is 1. The average Bonchev–Trinajstić information content (AvgIpc) is 3.09. The summed E-state index contributed by atoms with van der Waals surface area (Å²) in [6.45, 7) is 5.45. The van der Waals surface area contributed by atoms with E-state index in [-0.39, 0.29) is 45.2 Å². The quantitative estimate of drug-likeness (QED) is 0.625. The van der Waals surface area contributed by atoms with Crippen LogP contribution in [0.2, 0.25) is 5.02 Å². The molecular formula is C20H25ClF3N5O3S. The summed E-state index contributed by atoms with van der Waals surface area (Å²) >= 11 is 6.95. The van der Waals surface area contributed by atoms with Crippen molar-refractivity contribution >= 4 is 50.8 Å². The molecule has 1 aliphatic rings. The van der Waals surface area contributed by atoms with E-state index < -0.39 is 22.7 Å². The molecule has 1 saturated heterocycles. The summed E-state index contributed by atoms with van der Waals surface area (Å²) in [6, 6.07) is 0.0198. The Bertz CT molecular complexity index is 1050. The summed E-state index contributed by atoms with van der Waals surface area (Å²) in [5.41, 5.74) is -1.21. The van der Waals surface area contributed by atoms with Crippen molar-refractivity contribution in [3.05, 3.63) is 16.1 Å². The number of hydrogen-bond acceptors (Lipinski definition) is 7. The van der Waals surface area contributed by atoms with Gasteiger partial charge in [0.15, 0.2) is 5.06 Å². The van der Waals surface area contributed by atoms with Crippen LogP contribution >= 0.6 is 22.9 Å². The van der Waals surface area contributed by atoms with Crippen molar-refractivity contribution in [3.8, 4) is 5.06 Å². The Balaban J connectivity index is 1.99. The van der Waals surface area contributed by atoms with Gasteiger partial charge in [0.05, 0.1) is 28.9 Å². The molecule has 2 aromatic rings. The van der Waals surface area contributed by atoms with Crippen molar-refractivity contribution in [2.45, 2.75) is 26.1 Å². The zero-order valence-electron chi connectivity index (χ0n) is 18.6. The Labute approximate surface area is 198 Å². The van der Waals surface area contributed by atoms with E-state index in [1.807, 2.05) is 18.7 Å². The van der Waals surface area contributed by atoms with Gasteiger partial charge in [-0.1, -0.05) is 22.9 Å². The average molecular weight is 508 g/mol. The minimum atomic E-state index is -4.76. The van der Waals surface area contributed by atoms with Crippen molar-refractivity contribution in [2.75, 3.05) is 51.8 Å². The van der Waals surface area contributed by atoms with Gasteiger partial charge in [-0.05, 0) is 13.8 Å². The normalized spacial score (nSPS) is 15.2. The van der Waals surface area contributed by atoms with E-state index in [9.17, 15) is 22.8 Å². The molecule has 3 heterocycles. The fourth-order valence-corrected chi connectivity index (χ4v) is 5.21. The Morgan fingerprint density at radius 3 is 2.39 bits per heavy atom. The SMILES string of the molecule is CNC(=O)c1c(OC)sc2c(C(F)(F)F)c(Cl)c(N3CCN(CC(=O)NC(C)C)CC3)nc12. The molecule has 0 spiro atoms. The molecule has 0 radical (unpaired) electrons. The van der Waals surface area contributed by atoms with Gasteiger partial charge in [-0.2, -0.15) is 13.2 Å².